The van der Waals surface area contributed by atoms with Crippen LogP contribution in [0.5, 0.6) is 0 Å². The molecule has 2 unspecified atom stereocenters. The van der Waals surface area contributed by atoms with Crippen LogP contribution in [0.4, 0.5) is 0 Å². The molecule has 2 atom stereocenters. The zero-order valence-corrected chi connectivity index (χ0v) is 12.5. The van der Waals surface area contributed by atoms with Crippen molar-refractivity contribution in [2.45, 2.75) is 38.5 Å². The number of fused-ring (bicyclic) bond motifs is 1. The molecule has 1 aliphatic heterocycles. The van der Waals surface area contributed by atoms with Gasteiger partial charge in [0.15, 0.2) is 5.78 Å². The van der Waals surface area contributed by atoms with E-state index in [2.05, 4.69) is 23.4 Å². The van der Waals surface area contributed by atoms with E-state index >= 15 is 0 Å². The molecule has 0 bridgehead atoms. The van der Waals surface area contributed by atoms with Crippen molar-refractivity contribution in [3.8, 4) is 0 Å². The number of nitrogens with zero attached hydrogens (tertiary/aromatic N) is 2. The molecule has 3 rings (SSSR count). The fourth-order valence-corrected chi connectivity index (χ4v) is 2.98. The van der Waals surface area contributed by atoms with E-state index in [9.17, 15) is 4.79 Å². The van der Waals surface area contributed by atoms with E-state index in [1.165, 1.54) is 0 Å². The third kappa shape index (κ3) is 2.71. The van der Waals surface area contributed by atoms with Crippen LogP contribution in [0, 0.1) is 0 Å². The molecular formula is C16H21N3O2. The summed E-state index contributed by atoms with van der Waals surface area (Å²) in [5.41, 5.74) is 1.97. The summed E-state index contributed by atoms with van der Waals surface area (Å²) in [4.78, 5) is 12.5. The number of aryl methyl sites for hydroxylation is 1. The smallest absolute Gasteiger partial charge is 0.155 e. The van der Waals surface area contributed by atoms with Crippen molar-refractivity contribution in [1.82, 2.24) is 15.1 Å². The number of hydrogen-bond donors (Lipinski definition) is 1. The number of methoxy groups -OCH3 is 1. The Bertz CT molecular complexity index is 650. The Morgan fingerprint density at radius 3 is 3.00 bits per heavy atom. The van der Waals surface area contributed by atoms with Crippen LogP contribution in [0.25, 0.3) is 10.9 Å². The fourth-order valence-electron chi connectivity index (χ4n) is 2.98. The molecule has 1 aliphatic rings. The first-order chi connectivity index (χ1) is 10.2. The third-order valence-electron chi connectivity index (χ3n) is 4.19. The van der Waals surface area contributed by atoms with Crippen molar-refractivity contribution in [1.29, 1.82) is 0 Å². The normalized spacial score (nSPS) is 22.0. The van der Waals surface area contributed by atoms with Gasteiger partial charge in [0.25, 0.3) is 0 Å². The van der Waals surface area contributed by atoms with Crippen LogP contribution in [0.1, 0.15) is 19.0 Å². The predicted octanol–water partition coefficient (Wildman–Crippen LogP) is 1.54. The largest absolute Gasteiger partial charge is 0.380 e. The van der Waals surface area contributed by atoms with Gasteiger partial charge in [-0.2, -0.15) is 5.10 Å². The van der Waals surface area contributed by atoms with E-state index in [0.29, 0.717) is 6.42 Å². The van der Waals surface area contributed by atoms with Gasteiger partial charge in [0.05, 0.1) is 29.8 Å². The highest BCUT2D eigenvalue weighted by molar-refractivity contribution is 5.91. The summed E-state index contributed by atoms with van der Waals surface area (Å²) in [5.74, 6) is 0.195. The molecule has 5 nitrogen and oxygen atoms in total. The predicted molar refractivity (Wildman–Crippen MR) is 81.3 cm³/mol. The minimum Gasteiger partial charge on any atom is -0.380 e. The van der Waals surface area contributed by atoms with Gasteiger partial charge < -0.3 is 10.1 Å². The van der Waals surface area contributed by atoms with E-state index in [1.54, 1.807) is 7.11 Å². The first-order valence-corrected chi connectivity index (χ1v) is 7.46. The Morgan fingerprint density at radius 2 is 2.29 bits per heavy atom. The van der Waals surface area contributed by atoms with Gasteiger partial charge in [0.1, 0.15) is 0 Å². The minimum atomic E-state index is -0.111. The molecular weight excluding hydrogens is 266 g/mol. The van der Waals surface area contributed by atoms with Crippen molar-refractivity contribution in [3.05, 3.63) is 30.0 Å². The maximum absolute atomic E-state index is 12.5. The summed E-state index contributed by atoms with van der Waals surface area (Å²) in [6.45, 7) is 3.62. The van der Waals surface area contributed by atoms with E-state index in [4.69, 9.17) is 4.74 Å². The Hall–Kier alpha value is -1.72. The van der Waals surface area contributed by atoms with Crippen LogP contribution >= 0.6 is 0 Å². The number of Topliss-reactive ketones (excluding diaryl/α,β-unsaturated/α-hetero) is 1. The highest BCUT2D eigenvalue weighted by Crippen LogP contribution is 2.20. The Labute approximate surface area is 124 Å². The first-order valence-electron chi connectivity index (χ1n) is 7.46. The van der Waals surface area contributed by atoms with Crippen molar-refractivity contribution in [2.24, 2.45) is 0 Å². The molecule has 0 saturated carbocycles. The number of nitrogens with one attached hydrogen (secondary N) is 1. The molecule has 2 heterocycles. The van der Waals surface area contributed by atoms with Crippen LogP contribution in [-0.4, -0.2) is 41.4 Å². The quantitative estimate of drug-likeness (QED) is 0.906. The minimum absolute atomic E-state index is 0.111. The average Bonchev–Trinajstić information content (AvgIpc) is 3.12. The van der Waals surface area contributed by atoms with Gasteiger partial charge in [-0.3, -0.25) is 9.48 Å². The lowest BCUT2D eigenvalue weighted by Gasteiger charge is -2.08. The van der Waals surface area contributed by atoms with Crippen LogP contribution in [-0.2, 0) is 22.5 Å². The molecule has 1 aromatic carbocycles. The summed E-state index contributed by atoms with van der Waals surface area (Å²) in [5, 5.41) is 8.91. The molecule has 2 aromatic rings. The van der Waals surface area contributed by atoms with Crippen molar-refractivity contribution >= 4 is 16.7 Å². The van der Waals surface area contributed by atoms with Crippen molar-refractivity contribution in [3.63, 3.8) is 0 Å². The highest BCUT2D eigenvalue weighted by atomic mass is 16.5. The second-order valence-electron chi connectivity index (χ2n) is 5.48. The molecule has 1 aromatic heterocycles. The van der Waals surface area contributed by atoms with E-state index in [-0.39, 0.29) is 17.9 Å². The van der Waals surface area contributed by atoms with Gasteiger partial charge in [0.2, 0.25) is 0 Å². The third-order valence-corrected chi connectivity index (χ3v) is 4.19. The van der Waals surface area contributed by atoms with Gasteiger partial charge in [-0.15, -0.1) is 0 Å². The SMILES string of the molecule is CCn1nc(CC(=O)C2CC(OC)CN2)c2ccccc21. The fraction of sp³-hybridized carbons (Fsp3) is 0.500. The van der Waals surface area contributed by atoms with E-state index < -0.39 is 0 Å². The second kappa shape index (κ2) is 5.95. The summed E-state index contributed by atoms with van der Waals surface area (Å²) in [6, 6.07) is 7.97. The van der Waals surface area contributed by atoms with E-state index in [1.807, 2.05) is 22.9 Å². The van der Waals surface area contributed by atoms with Gasteiger partial charge in [0, 0.05) is 25.6 Å². The number of ether oxygens (including phenoxy) is 1. The molecule has 1 N–H and O–H groups in total. The number of para-hydroxylation sites is 1. The molecule has 1 fully saturated rings. The van der Waals surface area contributed by atoms with Crippen LogP contribution in [0.2, 0.25) is 0 Å². The molecule has 0 amide bonds. The van der Waals surface area contributed by atoms with Gasteiger partial charge in [-0.25, -0.2) is 0 Å². The number of carbonyl (C=O) groups excluding carboxylic acids is 1. The zero-order chi connectivity index (χ0) is 14.8. The summed E-state index contributed by atoms with van der Waals surface area (Å²) >= 11 is 0. The molecule has 112 valence electrons. The summed E-state index contributed by atoms with van der Waals surface area (Å²) in [6.07, 6.45) is 1.27. The average molecular weight is 287 g/mol. The van der Waals surface area contributed by atoms with Crippen LogP contribution < -0.4 is 5.32 Å². The second-order valence-corrected chi connectivity index (χ2v) is 5.48. The molecule has 0 radical (unpaired) electrons. The number of rotatable bonds is 5. The number of aromatic nitrogens is 2. The number of benzene rings is 1. The molecule has 5 heteroatoms. The highest BCUT2D eigenvalue weighted by Gasteiger charge is 2.29. The van der Waals surface area contributed by atoms with Crippen molar-refractivity contribution in [2.75, 3.05) is 13.7 Å². The standard InChI is InChI=1S/C16H21N3O2/c1-3-19-15-7-5-4-6-12(15)13(18-19)9-16(20)14-8-11(21-2)10-17-14/h4-7,11,14,17H,3,8-10H2,1-2H3. The number of ketones is 1. The monoisotopic (exact) mass is 287 g/mol. The molecule has 0 aliphatic carbocycles. The number of hydrogen-bond acceptors (Lipinski definition) is 4. The van der Waals surface area contributed by atoms with Crippen molar-refractivity contribution < 1.29 is 9.53 Å². The number of carbonyl (C=O) groups is 1. The molecule has 1 saturated heterocycles. The maximum Gasteiger partial charge on any atom is 0.155 e. The van der Waals surface area contributed by atoms with Gasteiger partial charge in [-0.05, 0) is 19.4 Å². The zero-order valence-electron chi connectivity index (χ0n) is 12.5. The first kappa shape index (κ1) is 14.2. The van der Waals surface area contributed by atoms with Crippen LogP contribution in [0.3, 0.4) is 0 Å². The Kier molecular flexibility index (Phi) is 4.03. The van der Waals surface area contributed by atoms with E-state index in [0.717, 1.165) is 36.1 Å². The lowest BCUT2D eigenvalue weighted by atomic mass is 10.0. The molecule has 21 heavy (non-hydrogen) atoms. The van der Waals surface area contributed by atoms with Gasteiger partial charge >= 0.3 is 0 Å². The van der Waals surface area contributed by atoms with Gasteiger partial charge in [-0.1, -0.05) is 18.2 Å². The molecule has 0 spiro atoms. The summed E-state index contributed by atoms with van der Waals surface area (Å²) < 4.78 is 7.26. The maximum atomic E-state index is 12.5. The van der Waals surface area contributed by atoms with Crippen LogP contribution in [0.15, 0.2) is 24.3 Å². The lowest BCUT2D eigenvalue weighted by Crippen LogP contribution is -2.32. The Morgan fingerprint density at radius 1 is 1.48 bits per heavy atom. The Balaban J connectivity index is 1.80. The lowest BCUT2D eigenvalue weighted by molar-refractivity contribution is -0.120. The summed E-state index contributed by atoms with van der Waals surface area (Å²) in [7, 11) is 1.69. The topological polar surface area (TPSA) is 56.2 Å².